The highest BCUT2D eigenvalue weighted by molar-refractivity contribution is 7.09. The molecule has 0 aliphatic carbocycles. The first-order valence-electron chi connectivity index (χ1n) is 9.23. The van der Waals surface area contributed by atoms with Crippen LogP contribution in [0, 0.1) is 0 Å². The maximum Gasteiger partial charge on any atom is 0.338 e. The van der Waals surface area contributed by atoms with Gasteiger partial charge in [0.1, 0.15) is 11.6 Å². The molecule has 0 radical (unpaired) electrons. The largest absolute Gasteiger partial charge is 0.497 e. The zero-order valence-electron chi connectivity index (χ0n) is 16.2. The second kappa shape index (κ2) is 8.79. The average molecular weight is 421 g/mol. The van der Waals surface area contributed by atoms with Gasteiger partial charge in [0, 0.05) is 10.4 Å². The monoisotopic (exact) mass is 421 g/mol. The number of hydrogen-bond donors (Lipinski definition) is 2. The van der Waals surface area contributed by atoms with Crippen molar-refractivity contribution >= 4 is 34.2 Å². The number of thiophene rings is 1. The van der Waals surface area contributed by atoms with Crippen molar-refractivity contribution in [2.45, 2.75) is 6.54 Å². The zero-order valence-corrected chi connectivity index (χ0v) is 17.0. The molecule has 2 N–H and O–H groups in total. The molecule has 7 nitrogen and oxygen atoms in total. The summed E-state index contributed by atoms with van der Waals surface area (Å²) in [6, 6.07) is 16.4. The number of benzene rings is 2. The number of rotatable bonds is 7. The molecule has 152 valence electrons. The summed E-state index contributed by atoms with van der Waals surface area (Å²) in [6.45, 7) is 0.0879. The van der Waals surface area contributed by atoms with Crippen molar-refractivity contribution in [3.05, 3.63) is 70.4 Å². The standard InChI is InChI=1S/C22H19N3O4S/c1-28-16-7-4-14(5-8-16)21-24-18-9-6-15(11-19(18)25-21)22(27)29-13-20(26)23-12-17-3-2-10-30-17/h2-11H,12-13H2,1H3,(H,23,26)(H,24,25). The third-order valence-corrected chi connectivity index (χ3v) is 5.33. The Morgan fingerprint density at radius 1 is 1.13 bits per heavy atom. The third-order valence-electron chi connectivity index (χ3n) is 4.46. The van der Waals surface area contributed by atoms with Gasteiger partial charge in [0.15, 0.2) is 6.61 Å². The fourth-order valence-corrected chi connectivity index (χ4v) is 3.53. The molecule has 4 rings (SSSR count). The lowest BCUT2D eigenvalue weighted by Gasteiger charge is -2.06. The first-order valence-corrected chi connectivity index (χ1v) is 10.1. The molecule has 0 fully saturated rings. The fraction of sp³-hybridized carbons (Fsp3) is 0.136. The number of nitrogens with one attached hydrogen (secondary N) is 2. The maximum atomic E-state index is 12.3. The van der Waals surface area contributed by atoms with Crippen molar-refractivity contribution < 1.29 is 19.1 Å². The van der Waals surface area contributed by atoms with Crippen LogP contribution >= 0.6 is 11.3 Å². The van der Waals surface area contributed by atoms with E-state index in [-0.39, 0.29) is 12.5 Å². The number of aromatic amines is 1. The van der Waals surface area contributed by atoms with Crippen LogP contribution in [-0.2, 0) is 16.1 Å². The van der Waals surface area contributed by atoms with Crippen LogP contribution in [-0.4, -0.2) is 35.6 Å². The SMILES string of the molecule is COc1ccc(-c2nc3ccc(C(=O)OCC(=O)NCc4cccs4)cc3[nH]2)cc1. The predicted molar refractivity (Wildman–Crippen MR) is 115 cm³/mol. The smallest absolute Gasteiger partial charge is 0.338 e. The highest BCUT2D eigenvalue weighted by Crippen LogP contribution is 2.23. The van der Waals surface area contributed by atoms with Gasteiger partial charge in [0.2, 0.25) is 0 Å². The van der Waals surface area contributed by atoms with Crippen LogP contribution in [0.3, 0.4) is 0 Å². The molecule has 0 saturated carbocycles. The third kappa shape index (κ3) is 4.49. The molecule has 8 heteroatoms. The van der Waals surface area contributed by atoms with E-state index in [9.17, 15) is 9.59 Å². The lowest BCUT2D eigenvalue weighted by Crippen LogP contribution is -2.28. The molecule has 2 aromatic heterocycles. The van der Waals surface area contributed by atoms with E-state index in [2.05, 4.69) is 15.3 Å². The molecular formula is C22H19N3O4S. The first-order chi connectivity index (χ1) is 14.6. The molecule has 4 aromatic rings. The number of carbonyl (C=O) groups is 2. The summed E-state index contributed by atoms with van der Waals surface area (Å²) in [6.07, 6.45) is 0. The summed E-state index contributed by atoms with van der Waals surface area (Å²) in [5.41, 5.74) is 2.68. The normalized spacial score (nSPS) is 10.7. The molecule has 0 unspecified atom stereocenters. The molecule has 0 spiro atoms. The van der Waals surface area contributed by atoms with Gasteiger partial charge in [-0.05, 0) is 53.9 Å². The molecule has 0 saturated heterocycles. The number of H-pyrrole nitrogens is 1. The topological polar surface area (TPSA) is 93.3 Å². The van der Waals surface area contributed by atoms with E-state index in [1.54, 1.807) is 36.6 Å². The van der Waals surface area contributed by atoms with Gasteiger partial charge in [-0.15, -0.1) is 11.3 Å². The number of fused-ring (bicyclic) bond motifs is 1. The lowest BCUT2D eigenvalue weighted by molar-refractivity contribution is -0.124. The van der Waals surface area contributed by atoms with Crippen LogP contribution in [0.15, 0.2) is 60.0 Å². The van der Waals surface area contributed by atoms with Crippen molar-refractivity contribution in [3.8, 4) is 17.1 Å². The minimum Gasteiger partial charge on any atom is -0.497 e. The molecule has 0 aliphatic rings. The zero-order chi connectivity index (χ0) is 20.9. The molecule has 2 aromatic carbocycles. The van der Waals surface area contributed by atoms with Crippen molar-refractivity contribution in [3.63, 3.8) is 0 Å². The molecule has 1 amide bonds. The van der Waals surface area contributed by atoms with Crippen LogP contribution in [0.1, 0.15) is 15.2 Å². The second-order valence-corrected chi connectivity index (χ2v) is 7.51. The van der Waals surface area contributed by atoms with E-state index in [0.717, 1.165) is 21.7 Å². The number of carbonyl (C=O) groups excluding carboxylic acids is 2. The lowest BCUT2D eigenvalue weighted by atomic mass is 10.2. The van der Waals surface area contributed by atoms with Gasteiger partial charge in [-0.3, -0.25) is 4.79 Å². The molecule has 0 bridgehead atoms. The van der Waals surface area contributed by atoms with E-state index in [0.29, 0.717) is 23.4 Å². The van der Waals surface area contributed by atoms with Crippen LogP contribution < -0.4 is 10.1 Å². The van der Waals surface area contributed by atoms with Crippen molar-refractivity contribution in [2.24, 2.45) is 0 Å². The molecular weight excluding hydrogens is 402 g/mol. The predicted octanol–water partition coefficient (Wildman–Crippen LogP) is 3.77. The minimum absolute atomic E-state index is 0.331. The van der Waals surface area contributed by atoms with Gasteiger partial charge in [-0.2, -0.15) is 0 Å². The van der Waals surface area contributed by atoms with Crippen LogP contribution in [0.2, 0.25) is 0 Å². The summed E-state index contributed by atoms with van der Waals surface area (Å²) in [5, 5.41) is 4.66. The van der Waals surface area contributed by atoms with Crippen LogP contribution in [0.25, 0.3) is 22.4 Å². The number of nitrogens with zero attached hydrogens (tertiary/aromatic N) is 1. The Balaban J connectivity index is 1.39. The number of aromatic nitrogens is 2. The number of hydrogen-bond acceptors (Lipinski definition) is 6. The maximum absolute atomic E-state index is 12.3. The number of imidazole rings is 1. The fourth-order valence-electron chi connectivity index (χ4n) is 2.89. The Labute approximate surface area is 176 Å². The van der Waals surface area contributed by atoms with E-state index >= 15 is 0 Å². The quantitative estimate of drug-likeness (QED) is 0.443. The van der Waals surface area contributed by atoms with Gasteiger partial charge < -0.3 is 19.8 Å². The van der Waals surface area contributed by atoms with Gasteiger partial charge in [0.05, 0.1) is 30.3 Å². The summed E-state index contributed by atoms with van der Waals surface area (Å²) < 4.78 is 10.3. The Hall–Kier alpha value is -3.65. The van der Waals surface area contributed by atoms with Crippen LogP contribution in [0.4, 0.5) is 0 Å². The number of amides is 1. The average Bonchev–Trinajstić information content (AvgIpc) is 3.45. The molecule has 0 atom stereocenters. The van der Waals surface area contributed by atoms with Crippen molar-refractivity contribution in [1.29, 1.82) is 0 Å². The number of methoxy groups -OCH3 is 1. The minimum atomic E-state index is -0.566. The molecule has 2 heterocycles. The van der Waals surface area contributed by atoms with E-state index in [4.69, 9.17) is 9.47 Å². The number of esters is 1. The molecule has 0 aliphatic heterocycles. The Bertz CT molecular complexity index is 1170. The van der Waals surface area contributed by atoms with E-state index in [1.807, 2.05) is 41.8 Å². The first kappa shape index (κ1) is 19.7. The van der Waals surface area contributed by atoms with Gasteiger partial charge in [-0.1, -0.05) is 6.07 Å². The van der Waals surface area contributed by atoms with Gasteiger partial charge >= 0.3 is 5.97 Å². The van der Waals surface area contributed by atoms with E-state index < -0.39 is 5.97 Å². The van der Waals surface area contributed by atoms with Crippen LogP contribution in [0.5, 0.6) is 5.75 Å². The van der Waals surface area contributed by atoms with Crippen molar-refractivity contribution in [1.82, 2.24) is 15.3 Å². The second-order valence-electron chi connectivity index (χ2n) is 6.48. The highest BCUT2D eigenvalue weighted by Gasteiger charge is 2.13. The Morgan fingerprint density at radius 3 is 2.70 bits per heavy atom. The summed E-state index contributed by atoms with van der Waals surface area (Å²) in [4.78, 5) is 33.0. The van der Waals surface area contributed by atoms with Gasteiger partial charge in [0.25, 0.3) is 5.91 Å². The Kier molecular flexibility index (Phi) is 5.76. The van der Waals surface area contributed by atoms with E-state index in [1.165, 1.54) is 0 Å². The highest BCUT2D eigenvalue weighted by atomic mass is 32.1. The summed E-state index contributed by atoms with van der Waals surface area (Å²) >= 11 is 1.55. The van der Waals surface area contributed by atoms with Gasteiger partial charge in [-0.25, -0.2) is 9.78 Å². The van der Waals surface area contributed by atoms with Crippen molar-refractivity contribution in [2.75, 3.05) is 13.7 Å². The summed E-state index contributed by atoms with van der Waals surface area (Å²) in [7, 11) is 1.62. The molecule has 30 heavy (non-hydrogen) atoms. The number of ether oxygens (including phenoxy) is 2. The Morgan fingerprint density at radius 2 is 1.97 bits per heavy atom. The summed E-state index contributed by atoms with van der Waals surface area (Å²) in [5.74, 6) is 0.537.